The largest absolute Gasteiger partial charge is 0.355 e. The second-order valence-corrected chi connectivity index (χ2v) is 9.03. The number of carbonyl (C=O) groups excluding carboxylic acids is 1. The van der Waals surface area contributed by atoms with Crippen molar-refractivity contribution in [3.05, 3.63) is 41.6 Å². The average Bonchev–Trinajstić information content (AvgIpc) is 3.45. The molecule has 1 saturated heterocycles. The van der Waals surface area contributed by atoms with Crippen molar-refractivity contribution in [1.82, 2.24) is 20.3 Å². The fourth-order valence-corrected chi connectivity index (χ4v) is 4.33. The first-order valence-electron chi connectivity index (χ1n) is 9.26. The van der Waals surface area contributed by atoms with Crippen LogP contribution in [-0.2, 0) is 16.6 Å². The molecule has 9 nitrogen and oxygen atoms in total. The Hall–Kier alpha value is -2.75. The van der Waals surface area contributed by atoms with E-state index >= 15 is 0 Å². The van der Waals surface area contributed by atoms with Gasteiger partial charge in [0.05, 0.1) is 35.1 Å². The molecule has 1 aliphatic heterocycles. The third kappa shape index (κ3) is 4.06. The van der Waals surface area contributed by atoms with Crippen LogP contribution in [0.15, 0.2) is 24.5 Å². The summed E-state index contributed by atoms with van der Waals surface area (Å²) in [5.74, 6) is 0.469. The molecule has 1 aliphatic carbocycles. The van der Waals surface area contributed by atoms with E-state index in [-0.39, 0.29) is 23.4 Å². The first-order valence-corrected chi connectivity index (χ1v) is 10.8. The first-order chi connectivity index (χ1) is 13.4. The Kier molecular flexibility index (Phi) is 4.88. The maximum absolute atomic E-state index is 12.4. The van der Waals surface area contributed by atoms with Crippen molar-refractivity contribution in [1.29, 1.82) is 0 Å². The van der Waals surface area contributed by atoms with E-state index in [1.54, 1.807) is 12.1 Å². The number of hydrogen-bond acceptors (Lipinski definition) is 7. The maximum Gasteiger partial charge on any atom is 0.271 e. The summed E-state index contributed by atoms with van der Waals surface area (Å²) in [6.07, 6.45) is 5.52. The third-order valence-corrected chi connectivity index (χ3v) is 6.65. The van der Waals surface area contributed by atoms with Gasteiger partial charge in [-0.3, -0.25) is 14.5 Å². The molecule has 2 fully saturated rings. The van der Waals surface area contributed by atoms with Gasteiger partial charge in [-0.05, 0) is 38.3 Å². The summed E-state index contributed by atoms with van der Waals surface area (Å²) >= 11 is 0. The Morgan fingerprint density at radius 2 is 2.07 bits per heavy atom. The smallest absolute Gasteiger partial charge is 0.271 e. The highest BCUT2D eigenvalue weighted by atomic mass is 32.2. The molecule has 10 heteroatoms. The Morgan fingerprint density at radius 3 is 2.71 bits per heavy atom. The third-order valence-electron chi connectivity index (χ3n) is 4.78. The second-order valence-electron chi connectivity index (χ2n) is 7.07. The van der Waals surface area contributed by atoms with Crippen molar-refractivity contribution in [2.45, 2.75) is 38.0 Å². The summed E-state index contributed by atoms with van der Waals surface area (Å²) in [7, 11) is -3.33. The highest BCUT2D eigenvalue weighted by molar-refractivity contribution is 7.93. The van der Waals surface area contributed by atoms with Crippen LogP contribution >= 0.6 is 0 Å². The van der Waals surface area contributed by atoms with Crippen molar-refractivity contribution in [3.63, 3.8) is 0 Å². The number of nitrogens with zero attached hydrogens (tertiary/aromatic N) is 4. The van der Waals surface area contributed by atoms with Crippen LogP contribution in [0.1, 0.15) is 41.1 Å². The zero-order chi connectivity index (χ0) is 19.7. The van der Waals surface area contributed by atoms with Crippen molar-refractivity contribution in [2.75, 3.05) is 22.7 Å². The molecule has 0 unspecified atom stereocenters. The Bertz CT molecular complexity index is 1000. The minimum absolute atomic E-state index is 0.159. The molecule has 3 heterocycles. The number of sulfonamides is 1. The van der Waals surface area contributed by atoms with Crippen LogP contribution in [0.3, 0.4) is 0 Å². The van der Waals surface area contributed by atoms with E-state index in [2.05, 4.69) is 29.9 Å². The number of nitrogens with one attached hydrogen (secondary N) is 2. The van der Waals surface area contributed by atoms with Crippen LogP contribution in [0.5, 0.6) is 0 Å². The zero-order valence-corrected chi connectivity index (χ0v) is 16.4. The Balaban J connectivity index is 1.38. The average molecular weight is 402 g/mol. The summed E-state index contributed by atoms with van der Waals surface area (Å²) in [5.41, 5.74) is 1.96. The molecule has 0 aromatic carbocycles. The molecular formula is C18H22N6O3S. The van der Waals surface area contributed by atoms with E-state index in [1.165, 1.54) is 12.4 Å². The minimum atomic E-state index is -3.33. The van der Waals surface area contributed by atoms with Crippen LogP contribution in [-0.4, -0.2) is 47.6 Å². The number of anilines is 2. The van der Waals surface area contributed by atoms with Crippen molar-refractivity contribution in [3.8, 4) is 0 Å². The quantitative estimate of drug-likeness (QED) is 0.715. The molecule has 1 amide bonds. The molecular weight excluding hydrogens is 380 g/mol. The van der Waals surface area contributed by atoms with Crippen molar-refractivity contribution >= 4 is 27.4 Å². The van der Waals surface area contributed by atoms with Crippen LogP contribution in [0.25, 0.3) is 0 Å². The zero-order valence-electron chi connectivity index (χ0n) is 15.6. The van der Waals surface area contributed by atoms with E-state index in [9.17, 15) is 13.2 Å². The fraction of sp³-hybridized carbons (Fsp3) is 0.444. The van der Waals surface area contributed by atoms with E-state index in [1.807, 2.05) is 6.92 Å². The molecule has 148 valence electrons. The predicted molar refractivity (Wildman–Crippen MR) is 105 cm³/mol. The van der Waals surface area contributed by atoms with E-state index in [0.717, 1.165) is 31.0 Å². The van der Waals surface area contributed by atoms with Gasteiger partial charge in [-0.25, -0.2) is 18.4 Å². The van der Waals surface area contributed by atoms with Crippen LogP contribution in [0.4, 0.5) is 11.5 Å². The lowest BCUT2D eigenvalue weighted by Crippen LogP contribution is -2.38. The summed E-state index contributed by atoms with van der Waals surface area (Å²) in [6, 6.07) is 3.21. The molecule has 28 heavy (non-hydrogen) atoms. The number of rotatable bonds is 7. The van der Waals surface area contributed by atoms with Gasteiger partial charge in [0.2, 0.25) is 10.0 Å². The van der Waals surface area contributed by atoms with Crippen LogP contribution < -0.4 is 14.9 Å². The van der Waals surface area contributed by atoms with Crippen molar-refractivity contribution in [2.24, 2.45) is 0 Å². The number of hydrogen-bond donors (Lipinski definition) is 2. The molecule has 4 rings (SSSR count). The topological polar surface area (TPSA) is 117 Å². The SMILES string of the molecule is Cc1nc(C(=O)NCc2cc(NS(=O)(=O)C3CC3)ccn2)cnc1N1CCC1. The molecule has 0 spiro atoms. The van der Waals surface area contributed by atoms with Gasteiger partial charge in [-0.15, -0.1) is 0 Å². The summed E-state index contributed by atoms with van der Waals surface area (Å²) < 4.78 is 26.6. The molecule has 2 aromatic rings. The van der Waals surface area contributed by atoms with Gasteiger partial charge in [0, 0.05) is 19.3 Å². The Labute approximate surface area is 163 Å². The number of aromatic nitrogens is 3. The van der Waals surface area contributed by atoms with Crippen LogP contribution in [0, 0.1) is 6.92 Å². The van der Waals surface area contributed by atoms with Gasteiger partial charge in [0.15, 0.2) is 0 Å². The Morgan fingerprint density at radius 1 is 1.29 bits per heavy atom. The first kappa shape index (κ1) is 18.6. The van der Waals surface area contributed by atoms with Gasteiger partial charge in [0.25, 0.3) is 5.91 Å². The second kappa shape index (κ2) is 7.34. The van der Waals surface area contributed by atoms with Crippen LogP contribution in [0.2, 0.25) is 0 Å². The molecule has 0 radical (unpaired) electrons. The molecule has 1 saturated carbocycles. The fourth-order valence-electron chi connectivity index (χ4n) is 2.95. The number of amides is 1. The van der Waals surface area contributed by atoms with Crippen molar-refractivity contribution < 1.29 is 13.2 Å². The van der Waals surface area contributed by atoms with E-state index in [0.29, 0.717) is 24.2 Å². The number of pyridine rings is 1. The summed E-state index contributed by atoms with van der Waals surface area (Å²) in [6.45, 7) is 3.93. The van der Waals surface area contributed by atoms with E-state index in [4.69, 9.17) is 0 Å². The molecule has 0 atom stereocenters. The molecule has 2 aliphatic rings. The van der Waals surface area contributed by atoms with Gasteiger partial charge in [0.1, 0.15) is 11.5 Å². The molecule has 2 N–H and O–H groups in total. The highest BCUT2D eigenvalue weighted by Crippen LogP contribution is 2.29. The van der Waals surface area contributed by atoms with Gasteiger partial charge < -0.3 is 10.2 Å². The summed E-state index contributed by atoms with van der Waals surface area (Å²) in [4.78, 5) is 27.4. The summed E-state index contributed by atoms with van der Waals surface area (Å²) in [5, 5.41) is 2.45. The normalized spacial score (nSPS) is 16.4. The lowest BCUT2D eigenvalue weighted by atomic mass is 10.2. The monoisotopic (exact) mass is 402 g/mol. The number of aryl methyl sites for hydroxylation is 1. The minimum Gasteiger partial charge on any atom is -0.355 e. The standard InChI is InChI=1S/C18H22N6O3S/c1-12-17(24-7-2-8-24)20-11-16(22-12)18(25)21-10-14-9-13(5-6-19-14)23-28(26,27)15-3-4-15/h5-6,9,11,15H,2-4,7-8,10H2,1H3,(H,19,23)(H,21,25). The molecule has 0 bridgehead atoms. The lowest BCUT2D eigenvalue weighted by Gasteiger charge is -2.32. The predicted octanol–water partition coefficient (Wildman–Crippen LogP) is 1.22. The van der Waals surface area contributed by atoms with Gasteiger partial charge >= 0.3 is 0 Å². The van der Waals surface area contributed by atoms with E-state index < -0.39 is 10.0 Å². The highest BCUT2D eigenvalue weighted by Gasteiger charge is 2.35. The lowest BCUT2D eigenvalue weighted by molar-refractivity contribution is 0.0945. The number of carbonyl (C=O) groups is 1. The van der Waals surface area contributed by atoms with Gasteiger partial charge in [-0.2, -0.15) is 0 Å². The van der Waals surface area contributed by atoms with Gasteiger partial charge in [-0.1, -0.05) is 0 Å². The molecule has 2 aromatic heterocycles. The maximum atomic E-state index is 12.4.